The molecule has 2 nitrogen and oxygen atoms in total. The Morgan fingerprint density at radius 2 is 2.06 bits per heavy atom. The minimum atomic E-state index is -0.601. The van der Waals surface area contributed by atoms with Gasteiger partial charge in [0.2, 0.25) is 0 Å². The summed E-state index contributed by atoms with van der Waals surface area (Å²) in [4.78, 5) is 1.11. The Morgan fingerprint density at radius 1 is 1.28 bits per heavy atom. The van der Waals surface area contributed by atoms with Crippen molar-refractivity contribution in [3.8, 4) is 0 Å². The Balaban J connectivity index is 2.31. The summed E-state index contributed by atoms with van der Waals surface area (Å²) in [5, 5.41) is 12.5. The summed E-state index contributed by atoms with van der Waals surface area (Å²) in [6, 6.07) is 9.76. The lowest BCUT2D eigenvalue weighted by Crippen LogP contribution is -2.19. The number of benzene rings is 1. The number of thiophene rings is 1. The first-order valence-corrected chi connectivity index (χ1v) is 7.96. The maximum absolute atomic E-state index is 10.5. The van der Waals surface area contributed by atoms with E-state index < -0.39 is 6.10 Å². The highest BCUT2D eigenvalue weighted by Gasteiger charge is 2.24. The molecule has 1 heterocycles. The molecule has 1 aromatic carbocycles. The molecule has 0 aliphatic heterocycles. The standard InChI is InChI=1S/C13H13Br2NOS/c14-8-3-4-9(11(15)6-8)13(17)10(7-16)12-2-1-5-18-12/h1-6,10,13,17H,7,16H2. The van der Waals surface area contributed by atoms with Crippen LogP contribution in [-0.4, -0.2) is 11.7 Å². The summed E-state index contributed by atoms with van der Waals surface area (Å²) >= 11 is 8.51. The van der Waals surface area contributed by atoms with Crippen molar-refractivity contribution in [1.29, 1.82) is 0 Å². The maximum atomic E-state index is 10.5. The van der Waals surface area contributed by atoms with Crippen LogP contribution in [0.2, 0.25) is 0 Å². The fourth-order valence-corrected chi connectivity index (χ4v) is 4.01. The van der Waals surface area contributed by atoms with E-state index in [9.17, 15) is 5.11 Å². The lowest BCUT2D eigenvalue weighted by atomic mass is 9.94. The molecular weight excluding hydrogens is 378 g/mol. The summed E-state index contributed by atoms with van der Waals surface area (Å²) in [6.07, 6.45) is -0.601. The van der Waals surface area contributed by atoms with Crippen LogP contribution < -0.4 is 5.73 Å². The second kappa shape index (κ2) is 6.30. The Labute approximate surface area is 127 Å². The van der Waals surface area contributed by atoms with Gasteiger partial charge < -0.3 is 10.8 Å². The monoisotopic (exact) mass is 389 g/mol. The van der Waals surface area contributed by atoms with Crippen molar-refractivity contribution in [2.45, 2.75) is 12.0 Å². The van der Waals surface area contributed by atoms with Crippen molar-refractivity contribution >= 4 is 43.2 Å². The van der Waals surface area contributed by atoms with E-state index in [1.54, 1.807) is 11.3 Å². The molecule has 96 valence electrons. The fourth-order valence-electron chi connectivity index (χ4n) is 1.86. The molecule has 5 heteroatoms. The van der Waals surface area contributed by atoms with Gasteiger partial charge in [-0.3, -0.25) is 0 Å². The number of aliphatic hydroxyl groups excluding tert-OH is 1. The molecule has 1 aromatic heterocycles. The van der Waals surface area contributed by atoms with Crippen LogP contribution in [0.15, 0.2) is 44.7 Å². The van der Waals surface area contributed by atoms with Crippen LogP contribution in [0.25, 0.3) is 0 Å². The van der Waals surface area contributed by atoms with Crippen molar-refractivity contribution in [2.24, 2.45) is 5.73 Å². The lowest BCUT2D eigenvalue weighted by molar-refractivity contribution is 0.148. The van der Waals surface area contributed by atoms with E-state index in [1.807, 2.05) is 35.7 Å². The van der Waals surface area contributed by atoms with Gasteiger partial charge >= 0.3 is 0 Å². The summed E-state index contributed by atoms with van der Waals surface area (Å²) in [7, 11) is 0. The molecular formula is C13H13Br2NOS. The minimum Gasteiger partial charge on any atom is -0.388 e. The Hall–Kier alpha value is -0.200. The van der Waals surface area contributed by atoms with Crippen molar-refractivity contribution in [1.82, 2.24) is 0 Å². The molecule has 2 unspecified atom stereocenters. The number of aliphatic hydroxyl groups is 1. The number of halogens is 2. The van der Waals surface area contributed by atoms with E-state index in [0.29, 0.717) is 6.54 Å². The number of rotatable bonds is 4. The fraction of sp³-hybridized carbons (Fsp3) is 0.231. The Bertz CT molecular complexity index is 516. The average molecular weight is 391 g/mol. The van der Waals surface area contributed by atoms with Gasteiger partial charge in [0, 0.05) is 26.3 Å². The molecule has 0 bridgehead atoms. The van der Waals surface area contributed by atoms with Crippen molar-refractivity contribution in [3.63, 3.8) is 0 Å². The molecule has 2 aromatic rings. The zero-order valence-corrected chi connectivity index (χ0v) is 13.5. The third kappa shape index (κ3) is 3.03. The van der Waals surface area contributed by atoms with Crippen molar-refractivity contribution < 1.29 is 5.11 Å². The molecule has 0 radical (unpaired) electrons. The summed E-state index contributed by atoms with van der Waals surface area (Å²) in [6.45, 7) is 0.421. The second-order valence-electron chi connectivity index (χ2n) is 3.97. The van der Waals surface area contributed by atoms with Gasteiger partial charge in [-0.25, -0.2) is 0 Å². The van der Waals surface area contributed by atoms with E-state index in [0.717, 1.165) is 19.4 Å². The average Bonchev–Trinajstić information content (AvgIpc) is 2.83. The van der Waals surface area contributed by atoms with Crippen LogP contribution in [0.4, 0.5) is 0 Å². The van der Waals surface area contributed by atoms with Gasteiger partial charge in [0.15, 0.2) is 0 Å². The summed E-state index contributed by atoms with van der Waals surface area (Å²) < 4.78 is 1.87. The van der Waals surface area contributed by atoms with Crippen molar-refractivity contribution in [2.75, 3.05) is 6.54 Å². The van der Waals surface area contributed by atoms with Crippen LogP contribution in [0, 0.1) is 0 Å². The number of hydrogen-bond donors (Lipinski definition) is 2. The first kappa shape index (κ1) is 14.2. The SMILES string of the molecule is NCC(c1cccs1)C(O)c1ccc(Br)cc1Br. The van der Waals surface area contributed by atoms with Gasteiger partial charge in [-0.1, -0.05) is 44.0 Å². The summed E-state index contributed by atoms with van der Waals surface area (Å²) in [5.41, 5.74) is 6.67. The molecule has 3 N–H and O–H groups in total. The highest BCUT2D eigenvalue weighted by Crippen LogP contribution is 2.36. The molecule has 0 spiro atoms. The Morgan fingerprint density at radius 3 is 2.61 bits per heavy atom. The van der Waals surface area contributed by atoms with Gasteiger partial charge in [0.1, 0.15) is 0 Å². The third-order valence-corrected chi connectivity index (χ3v) is 5.01. The molecule has 0 saturated carbocycles. The molecule has 0 saturated heterocycles. The van der Waals surface area contributed by atoms with E-state index in [-0.39, 0.29) is 5.92 Å². The first-order valence-electron chi connectivity index (χ1n) is 5.50. The number of nitrogens with two attached hydrogens (primary N) is 1. The predicted octanol–water partition coefficient (Wildman–Crippen LogP) is 4.05. The smallest absolute Gasteiger partial charge is 0.0889 e. The Kier molecular flexibility index (Phi) is 4.98. The zero-order valence-electron chi connectivity index (χ0n) is 9.51. The van der Waals surface area contributed by atoms with Gasteiger partial charge in [-0.05, 0) is 29.1 Å². The van der Waals surface area contributed by atoms with E-state index >= 15 is 0 Å². The quantitative estimate of drug-likeness (QED) is 0.827. The van der Waals surface area contributed by atoms with Gasteiger partial charge in [0.05, 0.1) is 6.10 Å². The second-order valence-corrected chi connectivity index (χ2v) is 6.72. The van der Waals surface area contributed by atoms with Crippen LogP contribution in [0.1, 0.15) is 22.5 Å². The highest BCUT2D eigenvalue weighted by molar-refractivity contribution is 9.11. The largest absolute Gasteiger partial charge is 0.388 e. The normalized spacial score (nSPS) is 14.4. The zero-order chi connectivity index (χ0) is 13.1. The minimum absolute atomic E-state index is 0.0672. The molecule has 18 heavy (non-hydrogen) atoms. The van der Waals surface area contributed by atoms with Crippen LogP contribution in [0.5, 0.6) is 0 Å². The maximum Gasteiger partial charge on any atom is 0.0889 e. The third-order valence-electron chi connectivity index (χ3n) is 2.82. The molecule has 2 rings (SSSR count). The van der Waals surface area contributed by atoms with E-state index in [2.05, 4.69) is 31.9 Å². The molecule has 2 atom stereocenters. The summed E-state index contributed by atoms with van der Waals surface area (Å²) in [5.74, 6) is -0.0672. The highest BCUT2D eigenvalue weighted by atomic mass is 79.9. The van der Waals surface area contributed by atoms with Crippen molar-refractivity contribution in [3.05, 3.63) is 55.1 Å². The molecule has 0 fully saturated rings. The van der Waals surface area contributed by atoms with E-state index in [1.165, 1.54) is 0 Å². The number of hydrogen-bond acceptors (Lipinski definition) is 3. The van der Waals surface area contributed by atoms with E-state index in [4.69, 9.17) is 5.73 Å². The lowest BCUT2D eigenvalue weighted by Gasteiger charge is -2.21. The van der Waals surface area contributed by atoms with Gasteiger partial charge in [-0.15, -0.1) is 11.3 Å². The van der Waals surface area contributed by atoms with Gasteiger partial charge in [0.25, 0.3) is 0 Å². The molecule has 0 aliphatic rings. The van der Waals surface area contributed by atoms with Crippen LogP contribution in [-0.2, 0) is 0 Å². The first-order chi connectivity index (χ1) is 8.63. The topological polar surface area (TPSA) is 46.2 Å². The molecule has 0 amide bonds. The predicted molar refractivity (Wildman–Crippen MR) is 82.9 cm³/mol. The van der Waals surface area contributed by atoms with Crippen LogP contribution in [0.3, 0.4) is 0 Å². The van der Waals surface area contributed by atoms with Crippen LogP contribution >= 0.6 is 43.2 Å². The van der Waals surface area contributed by atoms with Gasteiger partial charge in [-0.2, -0.15) is 0 Å². The molecule has 0 aliphatic carbocycles.